The lowest BCUT2D eigenvalue weighted by atomic mass is 9.75. The summed E-state index contributed by atoms with van der Waals surface area (Å²) in [7, 11) is 2.03. The van der Waals surface area contributed by atoms with Crippen molar-refractivity contribution in [2.24, 2.45) is 5.41 Å². The van der Waals surface area contributed by atoms with Gasteiger partial charge in [-0.1, -0.05) is 56.0 Å². The highest BCUT2D eigenvalue weighted by atomic mass is 35.5. The summed E-state index contributed by atoms with van der Waals surface area (Å²) < 4.78 is 0. The molecule has 1 aromatic carbocycles. The quantitative estimate of drug-likeness (QED) is 0.683. The summed E-state index contributed by atoms with van der Waals surface area (Å²) in [6.45, 7) is 5.55. The van der Waals surface area contributed by atoms with Crippen molar-refractivity contribution in [3.63, 3.8) is 0 Å². The normalized spacial score (nSPS) is 14.4. The molecule has 0 radical (unpaired) electrons. The molecular weight excluding hydrogens is 277 g/mol. The van der Waals surface area contributed by atoms with E-state index in [1.807, 2.05) is 19.2 Å². The number of nitrogens with one attached hydrogen (secondary N) is 1. The van der Waals surface area contributed by atoms with Gasteiger partial charge < -0.3 is 5.32 Å². The first kappa shape index (κ1) is 16.8. The largest absolute Gasteiger partial charge is 0.319 e. The second-order valence-corrected chi connectivity index (χ2v) is 6.24. The van der Waals surface area contributed by atoms with Crippen LogP contribution in [0.5, 0.6) is 0 Å². The van der Waals surface area contributed by atoms with E-state index in [-0.39, 0.29) is 0 Å². The maximum Gasteiger partial charge on any atom is 0.0453 e. The van der Waals surface area contributed by atoms with Gasteiger partial charge in [0.25, 0.3) is 0 Å². The average molecular weight is 302 g/mol. The standard InChI is InChI=1S/C16H25Cl2N/c1-4-6-9-16(5-2,12-19-3)11-13-7-8-14(17)10-15(13)18/h7-8,10,19H,4-6,9,11-12H2,1-3H3. The Morgan fingerprint density at radius 1 is 1.21 bits per heavy atom. The molecule has 0 aliphatic carbocycles. The van der Waals surface area contributed by atoms with E-state index in [1.165, 1.54) is 24.8 Å². The van der Waals surface area contributed by atoms with Crippen LogP contribution in [0.2, 0.25) is 10.0 Å². The van der Waals surface area contributed by atoms with Gasteiger partial charge in [0.05, 0.1) is 0 Å². The van der Waals surface area contributed by atoms with Crippen LogP contribution in [-0.2, 0) is 6.42 Å². The van der Waals surface area contributed by atoms with E-state index in [0.717, 1.165) is 24.4 Å². The zero-order valence-electron chi connectivity index (χ0n) is 12.2. The number of rotatable bonds is 8. The smallest absolute Gasteiger partial charge is 0.0453 e. The fourth-order valence-electron chi connectivity index (χ4n) is 2.66. The van der Waals surface area contributed by atoms with Gasteiger partial charge in [-0.05, 0) is 49.4 Å². The Morgan fingerprint density at radius 3 is 2.47 bits per heavy atom. The lowest BCUT2D eigenvalue weighted by Gasteiger charge is -2.33. The van der Waals surface area contributed by atoms with Gasteiger partial charge in [-0.25, -0.2) is 0 Å². The zero-order chi connectivity index (χ0) is 14.3. The van der Waals surface area contributed by atoms with E-state index < -0.39 is 0 Å². The number of halogens is 2. The van der Waals surface area contributed by atoms with Crippen molar-refractivity contribution in [1.29, 1.82) is 0 Å². The molecular formula is C16H25Cl2N. The average Bonchev–Trinajstić information content (AvgIpc) is 2.39. The minimum Gasteiger partial charge on any atom is -0.319 e. The Hall–Kier alpha value is -0.240. The molecule has 0 aromatic heterocycles. The van der Waals surface area contributed by atoms with Crippen LogP contribution in [0.3, 0.4) is 0 Å². The van der Waals surface area contributed by atoms with Gasteiger partial charge in [-0.3, -0.25) is 0 Å². The summed E-state index contributed by atoms with van der Waals surface area (Å²) in [5, 5.41) is 4.85. The van der Waals surface area contributed by atoms with E-state index >= 15 is 0 Å². The third-order valence-corrected chi connectivity index (χ3v) is 4.53. The zero-order valence-corrected chi connectivity index (χ0v) is 13.7. The number of unbranched alkanes of at least 4 members (excludes halogenated alkanes) is 1. The first-order chi connectivity index (χ1) is 9.06. The van der Waals surface area contributed by atoms with Crippen LogP contribution in [0.1, 0.15) is 45.1 Å². The summed E-state index contributed by atoms with van der Waals surface area (Å²) in [4.78, 5) is 0. The van der Waals surface area contributed by atoms with Crippen molar-refractivity contribution in [3.8, 4) is 0 Å². The summed E-state index contributed by atoms with van der Waals surface area (Å²) in [6, 6.07) is 5.84. The highest BCUT2D eigenvalue weighted by molar-refractivity contribution is 6.35. The maximum absolute atomic E-state index is 6.32. The highest BCUT2D eigenvalue weighted by Gasteiger charge is 2.28. The van der Waals surface area contributed by atoms with Crippen LogP contribution in [0.25, 0.3) is 0 Å². The first-order valence-electron chi connectivity index (χ1n) is 7.15. The summed E-state index contributed by atoms with van der Waals surface area (Å²) in [5.41, 5.74) is 1.50. The Balaban J connectivity index is 2.91. The topological polar surface area (TPSA) is 12.0 Å². The Bertz CT molecular complexity index is 392. The van der Waals surface area contributed by atoms with Gasteiger partial charge in [0.2, 0.25) is 0 Å². The fourth-order valence-corrected chi connectivity index (χ4v) is 3.14. The van der Waals surface area contributed by atoms with E-state index in [2.05, 4.69) is 25.2 Å². The van der Waals surface area contributed by atoms with Crippen LogP contribution < -0.4 is 5.32 Å². The highest BCUT2D eigenvalue weighted by Crippen LogP contribution is 2.35. The minimum absolute atomic E-state index is 0.294. The van der Waals surface area contributed by atoms with Crippen molar-refractivity contribution in [3.05, 3.63) is 33.8 Å². The number of hydrogen-bond acceptors (Lipinski definition) is 1. The number of hydrogen-bond donors (Lipinski definition) is 1. The molecule has 1 nitrogen and oxygen atoms in total. The summed E-state index contributed by atoms with van der Waals surface area (Å²) in [5.74, 6) is 0. The van der Waals surface area contributed by atoms with Crippen molar-refractivity contribution in [2.75, 3.05) is 13.6 Å². The van der Waals surface area contributed by atoms with E-state index in [9.17, 15) is 0 Å². The molecule has 1 rings (SSSR count). The summed E-state index contributed by atoms with van der Waals surface area (Å²) >= 11 is 12.3. The SMILES string of the molecule is CCCCC(CC)(CNC)Cc1ccc(Cl)cc1Cl. The number of benzene rings is 1. The Morgan fingerprint density at radius 2 is 1.95 bits per heavy atom. The predicted octanol–water partition coefficient (Wildman–Crippen LogP) is 5.34. The molecule has 0 fully saturated rings. The van der Waals surface area contributed by atoms with Gasteiger partial charge in [-0.2, -0.15) is 0 Å². The third kappa shape index (κ3) is 4.98. The van der Waals surface area contributed by atoms with Gasteiger partial charge in [0.15, 0.2) is 0 Å². The molecule has 0 aliphatic heterocycles. The van der Waals surface area contributed by atoms with Crippen LogP contribution in [0.4, 0.5) is 0 Å². The Kier molecular flexibility index (Phi) is 7.20. The van der Waals surface area contributed by atoms with E-state index in [4.69, 9.17) is 23.2 Å². The van der Waals surface area contributed by atoms with Crippen LogP contribution in [0, 0.1) is 5.41 Å². The lowest BCUT2D eigenvalue weighted by molar-refractivity contribution is 0.235. The molecule has 1 aromatic rings. The predicted molar refractivity (Wildman–Crippen MR) is 86.3 cm³/mol. The van der Waals surface area contributed by atoms with E-state index in [0.29, 0.717) is 10.4 Å². The maximum atomic E-state index is 6.32. The van der Waals surface area contributed by atoms with Crippen molar-refractivity contribution < 1.29 is 0 Å². The molecule has 0 spiro atoms. The second-order valence-electron chi connectivity index (χ2n) is 5.40. The molecule has 1 unspecified atom stereocenters. The molecule has 0 saturated carbocycles. The minimum atomic E-state index is 0.294. The third-order valence-electron chi connectivity index (χ3n) is 3.94. The second kappa shape index (κ2) is 8.14. The van der Waals surface area contributed by atoms with Gasteiger partial charge in [-0.15, -0.1) is 0 Å². The van der Waals surface area contributed by atoms with Crippen LogP contribution >= 0.6 is 23.2 Å². The molecule has 0 amide bonds. The van der Waals surface area contributed by atoms with Crippen LogP contribution in [-0.4, -0.2) is 13.6 Å². The van der Waals surface area contributed by atoms with Gasteiger partial charge in [0.1, 0.15) is 0 Å². The molecule has 1 N–H and O–H groups in total. The molecule has 108 valence electrons. The molecule has 1 atom stereocenters. The van der Waals surface area contributed by atoms with Crippen molar-refractivity contribution in [1.82, 2.24) is 5.32 Å². The van der Waals surface area contributed by atoms with Crippen molar-refractivity contribution in [2.45, 2.75) is 46.0 Å². The Labute approximate surface area is 127 Å². The molecule has 19 heavy (non-hydrogen) atoms. The monoisotopic (exact) mass is 301 g/mol. The summed E-state index contributed by atoms with van der Waals surface area (Å²) in [6.07, 6.45) is 5.91. The van der Waals surface area contributed by atoms with Crippen molar-refractivity contribution >= 4 is 23.2 Å². The van der Waals surface area contributed by atoms with Crippen LogP contribution in [0.15, 0.2) is 18.2 Å². The molecule has 0 saturated heterocycles. The molecule has 3 heteroatoms. The van der Waals surface area contributed by atoms with Gasteiger partial charge in [0, 0.05) is 16.6 Å². The molecule has 0 heterocycles. The molecule has 0 bridgehead atoms. The lowest BCUT2D eigenvalue weighted by Crippen LogP contribution is -2.34. The van der Waals surface area contributed by atoms with Gasteiger partial charge >= 0.3 is 0 Å². The first-order valence-corrected chi connectivity index (χ1v) is 7.91. The molecule has 0 aliphatic rings. The fraction of sp³-hybridized carbons (Fsp3) is 0.625. The van der Waals surface area contributed by atoms with E-state index in [1.54, 1.807) is 0 Å².